The van der Waals surface area contributed by atoms with Crippen LogP contribution in [0.2, 0.25) is 0 Å². The van der Waals surface area contributed by atoms with Gasteiger partial charge in [-0.3, -0.25) is 14.5 Å². The number of amides is 1. The molecule has 0 saturated carbocycles. The molecular formula is C24H27N3O4. The zero-order valence-corrected chi connectivity index (χ0v) is 18.1. The van der Waals surface area contributed by atoms with E-state index in [2.05, 4.69) is 23.3 Å². The van der Waals surface area contributed by atoms with E-state index in [0.29, 0.717) is 42.1 Å². The van der Waals surface area contributed by atoms with Crippen LogP contribution in [0.5, 0.6) is 11.5 Å². The normalized spacial score (nSPS) is 13.6. The highest BCUT2D eigenvalue weighted by Crippen LogP contribution is 2.26. The number of aromatic amines is 1. The molecule has 0 saturated heterocycles. The zero-order chi connectivity index (χ0) is 22.0. The molecule has 0 radical (unpaired) electrons. The molecule has 2 aromatic carbocycles. The van der Waals surface area contributed by atoms with E-state index < -0.39 is 0 Å². The number of carbonyl (C=O) groups excluding carboxylic acids is 1. The molecular weight excluding hydrogens is 394 g/mol. The Kier molecular flexibility index (Phi) is 5.95. The van der Waals surface area contributed by atoms with E-state index in [9.17, 15) is 9.59 Å². The highest BCUT2D eigenvalue weighted by atomic mass is 16.5. The molecule has 7 heteroatoms. The number of benzene rings is 2. The van der Waals surface area contributed by atoms with Crippen molar-refractivity contribution in [3.63, 3.8) is 0 Å². The molecule has 162 valence electrons. The van der Waals surface area contributed by atoms with E-state index in [0.717, 1.165) is 28.8 Å². The number of pyridine rings is 1. The van der Waals surface area contributed by atoms with Gasteiger partial charge in [0.15, 0.2) is 5.43 Å². The number of anilines is 1. The quantitative estimate of drug-likeness (QED) is 0.639. The Morgan fingerprint density at radius 1 is 1.13 bits per heavy atom. The molecule has 0 fully saturated rings. The van der Waals surface area contributed by atoms with Crippen LogP contribution in [-0.4, -0.2) is 43.1 Å². The number of rotatable bonds is 6. The maximum absolute atomic E-state index is 13.1. The molecule has 2 N–H and O–H groups in total. The van der Waals surface area contributed by atoms with E-state index in [4.69, 9.17) is 9.47 Å². The van der Waals surface area contributed by atoms with Crippen LogP contribution in [-0.2, 0) is 24.2 Å². The second-order valence-electron chi connectivity index (χ2n) is 7.75. The second kappa shape index (κ2) is 8.81. The largest absolute Gasteiger partial charge is 0.497 e. The fraction of sp³-hybridized carbons (Fsp3) is 0.333. The van der Waals surface area contributed by atoms with Crippen molar-refractivity contribution in [2.24, 2.45) is 0 Å². The van der Waals surface area contributed by atoms with Gasteiger partial charge in [-0.1, -0.05) is 13.0 Å². The zero-order valence-electron chi connectivity index (χ0n) is 18.1. The number of aryl methyl sites for hydroxylation is 1. The van der Waals surface area contributed by atoms with E-state index in [1.807, 2.05) is 17.0 Å². The summed E-state index contributed by atoms with van der Waals surface area (Å²) >= 11 is 0. The van der Waals surface area contributed by atoms with Crippen molar-refractivity contribution in [1.29, 1.82) is 0 Å². The number of nitrogens with one attached hydrogen (secondary N) is 2. The van der Waals surface area contributed by atoms with Crippen LogP contribution in [0, 0.1) is 0 Å². The fourth-order valence-corrected chi connectivity index (χ4v) is 4.02. The van der Waals surface area contributed by atoms with Gasteiger partial charge in [0, 0.05) is 65.6 Å². The maximum Gasteiger partial charge on any atom is 0.238 e. The van der Waals surface area contributed by atoms with Crippen molar-refractivity contribution < 1.29 is 14.3 Å². The van der Waals surface area contributed by atoms with E-state index in [1.165, 1.54) is 0 Å². The summed E-state index contributed by atoms with van der Waals surface area (Å²) < 4.78 is 10.5. The Bertz CT molecular complexity index is 1160. The molecule has 1 amide bonds. The Morgan fingerprint density at radius 3 is 2.55 bits per heavy atom. The molecule has 4 rings (SSSR count). The van der Waals surface area contributed by atoms with Gasteiger partial charge < -0.3 is 19.8 Å². The summed E-state index contributed by atoms with van der Waals surface area (Å²) in [7, 11) is 3.13. The number of carbonyl (C=O) groups is 1. The SMILES string of the molecule is CCc1ccc2[nH]c3c(c(=O)c2c1)CN(CC(=O)Nc1cc(OC)cc(OC)c1)CC3. The molecule has 1 aliphatic heterocycles. The summed E-state index contributed by atoms with van der Waals surface area (Å²) in [5.41, 5.74) is 4.40. The number of aromatic nitrogens is 1. The number of methoxy groups -OCH3 is 2. The van der Waals surface area contributed by atoms with Crippen molar-refractivity contribution in [2.45, 2.75) is 26.3 Å². The second-order valence-corrected chi connectivity index (χ2v) is 7.75. The molecule has 0 bridgehead atoms. The van der Waals surface area contributed by atoms with Crippen LogP contribution >= 0.6 is 0 Å². The molecule has 1 aliphatic rings. The first-order valence-electron chi connectivity index (χ1n) is 10.4. The summed E-state index contributed by atoms with van der Waals surface area (Å²) in [6.45, 7) is 3.43. The summed E-state index contributed by atoms with van der Waals surface area (Å²) in [4.78, 5) is 31.2. The lowest BCUT2D eigenvalue weighted by Gasteiger charge is -2.28. The lowest BCUT2D eigenvalue weighted by atomic mass is 10.0. The van der Waals surface area contributed by atoms with Gasteiger partial charge in [0.25, 0.3) is 0 Å². The number of ether oxygens (including phenoxy) is 2. The van der Waals surface area contributed by atoms with Gasteiger partial charge in [-0.15, -0.1) is 0 Å². The topological polar surface area (TPSA) is 83.7 Å². The minimum Gasteiger partial charge on any atom is -0.497 e. The van der Waals surface area contributed by atoms with Crippen LogP contribution in [0.15, 0.2) is 41.2 Å². The molecule has 1 aromatic heterocycles. The highest BCUT2D eigenvalue weighted by Gasteiger charge is 2.22. The molecule has 31 heavy (non-hydrogen) atoms. The first-order valence-corrected chi connectivity index (χ1v) is 10.4. The number of hydrogen-bond donors (Lipinski definition) is 2. The van der Waals surface area contributed by atoms with Gasteiger partial charge in [0.1, 0.15) is 11.5 Å². The van der Waals surface area contributed by atoms with Gasteiger partial charge in [-0.25, -0.2) is 0 Å². The highest BCUT2D eigenvalue weighted by molar-refractivity contribution is 5.92. The third-order valence-corrected chi connectivity index (χ3v) is 5.72. The van der Waals surface area contributed by atoms with Crippen molar-refractivity contribution in [3.05, 3.63) is 63.4 Å². The third kappa shape index (κ3) is 4.41. The lowest BCUT2D eigenvalue weighted by molar-refractivity contribution is -0.117. The van der Waals surface area contributed by atoms with Crippen LogP contribution in [0.3, 0.4) is 0 Å². The summed E-state index contributed by atoms with van der Waals surface area (Å²) in [6.07, 6.45) is 1.59. The minimum absolute atomic E-state index is 0.0571. The monoisotopic (exact) mass is 421 g/mol. The van der Waals surface area contributed by atoms with Crippen molar-refractivity contribution in [2.75, 3.05) is 32.6 Å². The molecule has 0 spiro atoms. The summed E-state index contributed by atoms with van der Waals surface area (Å²) in [5, 5.41) is 3.61. The predicted molar refractivity (Wildman–Crippen MR) is 121 cm³/mol. The lowest BCUT2D eigenvalue weighted by Crippen LogP contribution is -2.39. The Morgan fingerprint density at radius 2 is 1.87 bits per heavy atom. The average molecular weight is 421 g/mol. The van der Waals surface area contributed by atoms with Crippen molar-refractivity contribution in [1.82, 2.24) is 9.88 Å². The van der Waals surface area contributed by atoms with Gasteiger partial charge >= 0.3 is 0 Å². The van der Waals surface area contributed by atoms with Gasteiger partial charge in [0.05, 0.1) is 20.8 Å². The predicted octanol–water partition coefficient (Wildman–Crippen LogP) is 3.10. The van der Waals surface area contributed by atoms with E-state index in [1.54, 1.807) is 32.4 Å². The fourth-order valence-electron chi connectivity index (χ4n) is 4.02. The Labute approximate surface area is 181 Å². The van der Waals surface area contributed by atoms with Crippen LogP contribution in [0.1, 0.15) is 23.7 Å². The first-order chi connectivity index (χ1) is 15.0. The Hall–Kier alpha value is -3.32. The number of hydrogen-bond acceptors (Lipinski definition) is 5. The smallest absolute Gasteiger partial charge is 0.238 e. The molecule has 0 unspecified atom stereocenters. The number of fused-ring (bicyclic) bond motifs is 2. The van der Waals surface area contributed by atoms with Crippen LogP contribution in [0.25, 0.3) is 10.9 Å². The summed E-state index contributed by atoms with van der Waals surface area (Å²) in [6, 6.07) is 11.2. The number of nitrogens with zero attached hydrogens (tertiary/aromatic N) is 1. The molecule has 0 atom stereocenters. The van der Waals surface area contributed by atoms with Crippen molar-refractivity contribution in [3.8, 4) is 11.5 Å². The Balaban J connectivity index is 1.50. The minimum atomic E-state index is -0.149. The molecule has 2 heterocycles. The van der Waals surface area contributed by atoms with E-state index in [-0.39, 0.29) is 17.9 Å². The molecule has 3 aromatic rings. The van der Waals surface area contributed by atoms with Gasteiger partial charge in [0.2, 0.25) is 5.91 Å². The van der Waals surface area contributed by atoms with E-state index >= 15 is 0 Å². The molecule has 7 nitrogen and oxygen atoms in total. The van der Waals surface area contributed by atoms with Crippen LogP contribution in [0.4, 0.5) is 5.69 Å². The maximum atomic E-state index is 13.1. The van der Waals surface area contributed by atoms with Crippen molar-refractivity contribution >= 4 is 22.5 Å². The third-order valence-electron chi connectivity index (χ3n) is 5.72. The summed E-state index contributed by atoms with van der Waals surface area (Å²) in [5.74, 6) is 1.06. The average Bonchev–Trinajstić information content (AvgIpc) is 2.79. The van der Waals surface area contributed by atoms with Gasteiger partial charge in [-0.2, -0.15) is 0 Å². The standard InChI is InChI=1S/C24H27N3O4/c1-4-15-5-6-21-19(9-15)24(29)20-13-27(8-7-22(20)26-21)14-23(28)25-16-10-17(30-2)12-18(11-16)31-3/h5-6,9-12H,4,7-8,13-14H2,1-3H3,(H,25,28)(H,26,29). The first kappa shape index (κ1) is 20.9. The molecule has 0 aliphatic carbocycles. The van der Waals surface area contributed by atoms with Gasteiger partial charge in [-0.05, 0) is 24.1 Å². The number of H-pyrrole nitrogens is 1. The van der Waals surface area contributed by atoms with Crippen LogP contribution < -0.4 is 20.2 Å².